The number of nitrogens with two attached hydrogens (primary N) is 1. The second-order valence-corrected chi connectivity index (χ2v) is 21.8. The number of amides is 2. The average Bonchev–Trinajstić information content (AvgIpc) is 3.84. The summed E-state index contributed by atoms with van der Waals surface area (Å²) in [5, 5.41) is 26.4. The molecule has 28 heteroatoms. The minimum atomic E-state index is -5.92. The molecule has 2 amide bonds. The molecule has 24 nitrogen and oxygen atoms in total. The van der Waals surface area contributed by atoms with Gasteiger partial charge >= 0.3 is 0 Å². The lowest BCUT2D eigenvalue weighted by molar-refractivity contribution is -0.347. The molecule has 0 bridgehead atoms. The van der Waals surface area contributed by atoms with Crippen molar-refractivity contribution < 1.29 is 80.5 Å². The first kappa shape index (κ1) is 60.1. The van der Waals surface area contributed by atoms with Crippen LogP contribution in [0.3, 0.4) is 0 Å². The number of imidazole rings is 1. The smallest absolute Gasteiger partial charge is 0.274 e. The zero-order valence-electron chi connectivity index (χ0n) is 38.9. The van der Waals surface area contributed by atoms with Crippen molar-refractivity contribution in [2.75, 3.05) is 37.8 Å². The molecule has 0 saturated carbocycles. The van der Waals surface area contributed by atoms with Gasteiger partial charge in [0.05, 0.1) is 27.4 Å². The summed E-state index contributed by atoms with van der Waals surface area (Å²) in [6.45, 7) is 2.35. The van der Waals surface area contributed by atoms with Crippen molar-refractivity contribution in [1.82, 2.24) is 30.2 Å². The van der Waals surface area contributed by atoms with Gasteiger partial charge in [0, 0.05) is 37.1 Å². The Bertz CT molecular complexity index is 2170. The molecule has 2 aromatic heterocycles. The summed E-state index contributed by atoms with van der Waals surface area (Å²) in [6.07, 6.45) is 17.9. The summed E-state index contributed by atoms with van der Waals surface area (Å²) < 4.78 is 60.8. The minimum absolute atomic E-state index is 0.00548. The van der Waals surface area contributed by atoms with Gasteiger partial charge in [-0.25, -0.2) is 19.3 Å². The van der Waals surface area contributed by atoms with E-state index in [0.717, 1.165) is 54.7 Å². The molecule has 0 aliphatic carbocycles. The predicted molar refractivity (Wildman–Crippen MR) is 247 cm³/mol. The van der Waals surface area contributed by atoms with Crippen molar-refractivity contribution in [3.8, 4) is 0 Å². The van der Waals surface area contributed by atoms with Crippen LogP contribution in [0.5, 0.6) is 0 Å². The molecular formula is C41H64N7O17P3S-4. The van der Waals surface area contributed by atoms with Crippen LogP contribution in [0.4, 0.5) is 5.82 Å². The fourth-order valence-corrected chi connectivity index (χ4v) is 9.99. The van der Waals surface area contributed by atoms with Gasteiger partial charge < -0.3 is 69.0 Å². The highest BCUT2D eigenvalue weighted by molar-refractivity contribution is 8.13. The Labute approximate surface area is 405 Å². The molecule has 0 aromatic carbocycles. The van der Waals surface area contributed by atoms with Gasteiger partial charge in [-0.1, -0.05) is 101 Å². The van der Waals surface area contributed by atoms with Crippen LogP contribution >= 0.6 is 35.2 Å². The first-order valence-electron chi connectivity index (χ1n) is 22.5. The molecule has 1 aliphatic heterocycles. The van der Waals surface area contributed by atoms with E-state index in [0.29, 0.717) is 18.6 Å². The van der Waals surface area contributed by atoms with Gasteiger partial charge in [0.15, 0.2) is 22.8 Å². The molecular weight excluding hydrogens is 987 g/mol. The quantitative estimate of drug-likeness (QED) is 0.0382. The Balaban J connectivity index is 1.30. The minimum Gasteiger partial charge on any atom is -0.790 e. The van der Waals surface area contributed by atoms with Crippen LogP contribution in [0.25, 0.3) is 11.2 Å². The Morgan fingerprint density at radius 1 is 0.899 bits per heavy atom. The number of phosphoric acid groups is 3. The molecule has 6 N–H and O–H groups in total. The Kier molecular flexibility index (Phi) is 26.1. The number of unbranched alkanes of at least 4 members (excludes halogenated alkanes) is 7. The number of allylic oxidation sites excluding steroid dienone is 6. The van der Waals surface area contributed by atoms with E-state index in [1.165, 1.54) is 52.4 Å². The van der Waals surface area contributed by atoms with Gasteiger partial charge in [0.2, 0.25) is 11.8 Å². The standard InChI is InChI=1S/C41H68N7O17P3S/c1-4-5-6-7-8-9-10-11-12-13-14-15-16-17-18-19-20-21-32(50)69-25-24-43-31(49)22-23-44-39(53)36(52)41(2,3)27-62-68(59,60)65-67(57,58)61-26-30-35(64-66(54,55)56)34(51)40(63-30)48-29-47-33-37(42)45-28-46-38(33)48/h11-12,14-15,17-18,28-30,34-36,40,51-52H,4-10,13,16,19-27H2,1-3H3,(H,43,49)(H,44,53)(H,57,58)(H,59,60)(H2,42,45,46)(H2,54,55,56)/p-4/b12-11-,15-14-,18-17-/t30-,34-,35-,36+,40-/m1/s1. The molecule has 2 unspecified atom stereocenters. The number of fused-ring (bicyclic) bond motifs is 1. The topological polar surface area (TPSA) is 375 Å². The molecule has 1 fully saturated rings. The number of carbonyl (C=O) groups excluding carboxylic acids is 3. The number of thioether (sulfide) groups is 1. The highest BCUT2D eigenvalue weighted by atomic mass is 32.2. The number of carbonyl (C=O) groups is 3. The van der Waals surface area contributed by atoms with Crippen LogP contribution in [0.1, 0.15) is 110 Å². The Morgan fingerprint density at radius 3 is 2.22 bits per heavy atom. The van der Waals surface area contributed by atoms with Crippen molar-refractivity contribution in [1.29, 1.82) is 0 Å². The second kappa shape index (κ2) is 30.0. The number of hydrogen-bond acceptors (Lipinski definition) is 22. The molecule has 0 radical (unpaired) electrons. The normalized spacial score (nSPS) is 20.2. The SMILES string of the molecule is CCCCCCCC/C=C\C/C=C\C/C=C\CCCC(=O)SCCNC(=O)CCNC(=O)[C@H](O)C(C)(C)COP(=O)([O-])OP(=O)([O-])OC[C@H]1O[C@@H](n2cnc3c(N)ncnc32)[C@H](O)[C@@H]1OP(=O)([O-])[O-]. The van der Waals surface area contributed by atoms with Crippen molar-refractivity contribution in [2.45, 2.75) is 135 Å². The lowest BCUT2D eigenvalue weighted by atomic mass is 9.87. The molecule has 7 atom stereocenters. The number of aliphatic hydroxyl groups is 2. The third-order valence-electron chi connectivity index (χ3n) is 10.3. The molecule has 3 heterocycles. The van der Waals surface area contributed by atoms with Crippen molar-refractivity contribution in [3.63, 3.8) is 0 Å². The highest BCUT2D eigenvalue weighted by Gasteiger charge is 2.47. The van der Waals surface area contributed by atoms with Crippen molar-refractivity contribution in [2.24, 2.45) is 5.41 Å². The number of rotatable bonds is 34. The van der Waals surface area contributed by atoms with Crippen molar-refractivity contribution >= 4 is 69.1 Å². The number of phosphoric ester groups is 3. The third kappa shape index (κ3) is 22.8. The van der Waals surface area contributed by atoms with Crippen LogP contribution in [0, 0.1) is 5.41 Å². The summed E-state index contributed by atoms with van der Waals surface area (Å²) in [4.78, 5) is 96.8. The second-order valence-electron chi connectivity index (χ2n) is 16.5. The maximum atomic E-state index is 12.6. The van der Waals surface area contributed by atoms with Crippen LogP contribution < -0.4 is 35.9 Å². The fourth-order valence-electron chi connectivity index (χ4n) is 6.53. The van der Waals surface area contributed by atoms with E-state index in [2.05, 4.69) is 86.8 Å². The number of nitrogen functional groups attached to an aromatic ring is 1. The summed E-state index contributed by atoms with van der Waals surface area (Å²) in [6, 6.07) is 0. The van der Waals surface area contributed by atoms with Gasteiger partial charge in [0.1, 0.15) is 36.3 Å². The Morgan fingerprint density at radius 2 is 1.54 bits per heavy atom. The van der Waals surface area contributed by atoms with E-state index >= 15 is 0 Å². The molecule has 2 aromatic rings. The van der Waals surface area contributed by atoms with E-state index in [9.17, 15) is 57.9 Å². The lowest BCUT2D eigenvalue weighted by Gasteiger charge is -2.36. The number of aliphatic hydroxyl groups excluding tert-OH is 2. The zero-order chi connectivity index (χ0) is 51.1. The average molecular weight is 1050 g/mol. The fraction of sp³-hybridized carbons (Fsp3) is 0.659. The van der Waals surface area contributed by atoms with E-state index in [1.54, 1.807) is 0 Å². The monoisotopic (exact) mass is 1050 g/mol. The molecule has 1 aliphatic rings. The molecule has 1 saturated heterocycles. The maximum absolute atomic E-state index is 12.6. The molecule has 3 rings (SSSR count). The number of hydrogen-bond donors (Lipinski definition) is 5. The first-order valence-corrected chi connectivity index (χ1v) is 27.8. The maximum Gasteiger partial charge on any atom is 0.274 e. The van der Waals surface area contributed by atoms with E-state index in [4.69, 9.17) is 10.5 Å². The number of ether oxygens (including phenoxy) is 1. The van der Waals surface area contributed by atoms with Gasteiger partial charge in [0.25, 0.3) is 15.6 Å². The van der Waals surface area contributed by atoms with Gasteiger partial charge in [-0.2, -0.15) is 0 Å². The van der Waals surface area contributed by atoms with E-state index in [-0.39, 0.29) is 41.6 Å². The largest absolute Gasteiger partial charge is 0.790 e. The lowest BCUT2D eigenvalue weighted by Crippen LogP contribution is -2.46. The Hall–Kier alpha value is -3.22. The summed E-state index contributed by atoms with van der Waals surface area (Å²) in [5.74, 6) is -1.19. The summed E-state index contributed by atoms with van der Waals surface area (Å²) in [7, 11) is -17.6. The van der Waals surface area contributed by atoms with Crippen LogP contribution in [-0.2, 0) is 50.7 Å². The first-order chi connectivity index (χ1) is 32.6. The molecule has 390 valence electrons. The van der Waals surface area contributed by atoms with E-state index < -0.39 is 84.6 Å². The number of aromatic nitrogens is 4. The van der Waals surface area contributed by atoms with Crippen LogP contribution in [0.2, 0.25) is 0 Å². The number of nitrogens with one attached hydrogen (secondary N) is 2. The number of anilines is 1. The highest BCUT2D eigenvalue weighted by Crippen LogP contribution is 2.56. The predicted octanol–water partition coefficient (Wildman–Crippen LogP) is 2.51. The van der Waals surface area contributed by atoms with Crippen LogP contribution in [0.15, 0.2) is 49.1 Å². The van der Waals surface area contributed by atoms with E-state index in [1.807, 2.05) is 0 Å². The molecule has 69 heavy (non-hydrogen) atoms. The van der Waals surface area contributed by atoms with Crippen molar-refractivity contribution in [3.05, 3.63) is 49.1 Å². The van der Waals surface area contributed by atoms with Gasteiger partial charge in [-0.05, 0) is 38.5 Å². The number of nitrogens with zero attached hydrogens (tertiary/aromatic N) is 4. The zero-order valence-corrected chi connectivity index (χ0v) is 42.4. The van der Waals surface area contributed by atoms with Gasteiger partial charge in [-0.15, -0.1) is 0 Å². The summed E-state index contributed by atoms with van der Waals surface area (Å²) >= 11 is 1.11. The third-order valence-corrected chi connectivity index (χ3v) is 14.2. The molecule has 0 spiro atoms. The summed E-state index contributed by atoms with van der Waals surface area (Å²) in [5.41, 5.74) is 4.08. The van der Waals surface area contributed by atoms with Crippen LogP contribution in [-0.4, -0.2) is 103 Å². The van der Waals surface area contributed by atoms with Gasteiger partial charge in [-0.3, -0.25) is 28.1 Å².